The summed E-state index contributed by atoms with van der Waals surface area (Å²) in [6, 6.07) is 0. The average molecular weight is 412 g/mol. The SMILES string of the molecule is COCC(C)OP(=O)(O)O.COCC(C)OP(=O)(O)OC(C)COC. The zero-order chi connectivity index (χ0) is 20.1. The molecule has 0 rings (SSSR count). The second-order valence-corrected chi connectivity index (χ2v) is 7.62. The molecule has 0 saturated carbocycles. The number of hydrogen-bond donors (Lipinski definition) is 3. The Morgan fingerprint density at radius 3 is 1.20 bits per heavy atom. The van der Waals surface area contributed by atoms with Crippen LogP contribution in [0.3, 0.4) is 0 Å². The highest BCUT2D eigenvalue weighted by atomic mass is 31.2. The van der Waals surface area contributed by atoms with Crippen LogP contribution in [0.4, 0.5) is 0 Å². The smallest absolute Gasteiger partial charge is 0.382 e. The number of ether oxygens (including phenoxy) is 3. The molecular weight excluding hydrogens is 382 g/mol. The molecule has 0 fully saturated rings. The van der Waals surface area contributed by atoms with E-state index in [4.69, 9.17) is 28.3 Å². The molecule has 0 aromatic heterocycles. The second-order valence-electron chi connectivity index (χ2n) is 5.07. The third kappa shape index (κ3) is 20.3. The van der Waals surface area contributed by atoms with E-state index in [0.717, 1.165) is 0 Å². The van der Waals surface area contributed by atoms with E-state index in [2.05, 4.69) is 9.26 Å². The zero-order valence-corrected chi connectivity index (χ0v) is 17.1. The summed E-state index contributed by atoms with van der Waals surface area (Å²) in [5.74, 6) is 0. The molecule has 0 heterocycles. The van der Waals surface area contributed by atoms with Crippen molar-refractivity contribution < 1.29 is 51.6 Å². The van der Waals surface area contributed by atoms with Gasteiger partial charge in [0.05, 0.1) is 38.1 Å². The number of phosphoric acid groups is 2. The molecule has 0 aromatic rings. The number of rotatable bonds is 12. The number of methoxy groups -OCH3 is 3. The molecule has 0 aliphatic rings. The van der Waals surface area contributed by atoms with Crippen LogP contribution in [0.1, 0.15) is 20.8 Å². The van der Waals surface area contributed by atoms with Crippen molar-refractivity contribution in [3.8, 4) is 0 Å². The predicted molar refractivity (Wildman–Crippen MR) is 89.1 cm³/mol. The van der Waals surface area contributed by atoms with Gasteiger partial charge in [0, 0.05) is 21.3 Å². The van der Waals surface area contributed by atoms with Gasteiger partial charge in [-0.1, -0.05) is 0 Å². The molecule has 0 radical (unpaired) electrons. The van der Waals surface area contributed by atoms with Gasteiger partial charge in [-0.3, -0.25) is 13.6 Å². The van der Waals surface area contributed by atoms with Gasteiger partial charge in [0.1, 0.15) is 0 Å². The molecular formula is C12H30O11P2. The van der Waals surface area contributed by atoms with Crippen LogP contribution in [0.2, 0.25) is 0 Å². The summed E-state index contributed by atoms with van der Waals surface area (Å²) < 4.78 is 49.5. The number of hydrogen-bond acceptors (Lipinski definition) is 8. The van der Waals surface area contributed by atoms with Crippen LogP contribution in [-0.2, 0) is 36.9 Å². The highest BCUT2D eigenvalue weighted by Crippen LogP contribution is 2.45. The first kappa shape index (κ1) is 27.3. The molecule has 0 saturated heterocycles. The van der Waals surface area contributed by atoms with Crippen LogP contribution in [0, 0.1) is 0 Å². The molecule has 154 valence electrons. The van der Waals surface area contributed by atoms with Crippen LogP contribution in [0.25, 0.3) is 0 Å². The fourth-order valence-corrected chi connectivity index (χ4v) is 3.12. The molecule has 0 aliphatic heterocycles. The van der Waals surface area contributed by atoms with E-state index >= 15 is 0 Å². The lowest BCUT2D eigenvalue weighted by Gasteiger charge is -2.19. The lowest BCUT2D eigenvalue weighted by Crippen LogP contribution is -2.18. The molecule has 0 amide bonds. The fourth-order valence-electron chi connectivity index (χ4n) is 1.51. The summed E-state index contributed by atoms with van der Waals surface area (Å²) in [7, 11) is -3.96. The van der Waals surface area contributed by atoms with E-state index in [1.807, 2.05) is 0 Å². The highest BCUT2D eigenvalue weighted by molar-refractivity contribution is 7.47. The van der Waals surface area contributed by atoms with E-state index in [9.17, 15) is 14.0 Å². The Hall–Kier alpha value is 0.1000. The summed E-state index contributed by atoms with van der Waals surface area (Å²) in [4.78, 5) is 25.8. The Balaban J connectivity index is 0. The van der Waals surface area contributed by atoms with Gasteiger partial charge < -0.3 is 28.9 Å². The number of phosphoric ester groups is 2. The lowest BCUT2D eigenvalue weighted by molar-refractivity contribution is 0.0245. The molecule has 0 aromatic carbocycles. The predicted octanol–water partition coefficient (Wildman–Crippen LogP) is 1.32. The van der Waals surface area contributed by atoms with Crippen LogP contribution >= 0.6 is 15.6 Å². The van der Waals surface area contributed by atoms with E-state index in [0.29, 0.717) is 0 Å². The maximum Gasteiger partial charge on any atom is 0.472 e. The molecule has 0 spiro atoms. The molecule has 3 N–H and O–H groups in total. The van der Waals surface area contributed by atoms with Crippen LogP contribution < -0.4 is 0 Å². The quantitative estimate of drug-likeness (QED) is 0.398. The van der Waals surface area contributed by atoms with Gasteiger partial charge in [0.25, 0.3) is 0 Å². The molecule has 0 aliphatic carbocycles. The third-order valence-electron chi connectivity index (χ3n) is 2.15. The Morgan fingerprint density at radius 1 is 0.680 bits per heavy atom. The molecule has 0 bridgehead atoms. The monoisotopic (exact) mass is 412 g/mol. The minimum Gasteiger partial charge on any atom is -0.382 e. The summed E-state index contributed by atoms with van der Waals surface area (Å²) >= 11 is 0. The van der Waals surface area contributed by atoms with Crippen molar-refractivity contribution in [2.75, 3.05) is 41.2 Å². The van der Waals surface area contributed by atoms with E-state index in [1.165, 1.54) is 28.3 Å². The van der Waals surface area contributed by atoms with Crippen LogP contribution in [0.15, 0.2) is 0 Å². The van der Waals surface area contributed by atoms with Gasteiger partial charge >= 0.3 is 15.6 Å². The van der Waals surface area contributed by atoms with E-state index < -0.39 is 34.0 Å². The Kier molecular flexibility index (Phi) is 15.5. The molecule has 3 unspecified atom stereocenters. The van der Waals surface area contributed by atoms with Gasteiger partial charge in [-0.2, -0.15) is 0 Å². The molecule has 11 nitrogen and oxygen atoms in total. The minimum absolute atomic E-state index is 0.172. The van der Waals surface area contributed by atoms with Crippen molar-refractivity contribution in [3.63, 3.8) is 0 Å². The lowest BCUT2D eigenvalue weighted by atomic mass is 10.5. The first-order valence-corrected chi connectivity index (χ1v) is 10.3. The van der Waals surface area contributed by atoms with Crippen molar-refractivity contribution >= 4 is 15.6 Å². The summed E-state index contributed by atoms with van der Waals surface area (Å²) in [5.41, 5.74) is 0. The van der Waals surface area contributed by atoms with Crippen molar-refractivity contribution in [1.29, 1.82) is 0 Å². The van der Waals surface area contributed by atoms with Gasteiger partial charge in [-0.15, -0.1) is 0 Å². The summed E-state index contributed by atoms with van der Waals surface area (Å²) in [5, 5.41) is 0. The van der Waals surface area contributed by atoms with Gasteiger partial charge in [0.2, 0.25) is 0 Å². The zero-order valence-electron chi connectivity index (χ0n) is 15.4. The van der Waals surface area contributed by atoms with Gasteiger partial charge in [-0.25, -0.2) is 9.13 Å². The Bertz CT molecular complexity index is 396. The van der Waals surface area contributed by atoms with Crippen LogP contribution in [-0.4, -0.2) is 74.1 Å². The van der Waals surface area contributed by atoms with Crippen molar-refractivity contribution in [1.82, 2.24) is 0 Å². The Morgan fingerprint density at radius 2 is 0.960 bits per heavy atom. The van der Waals surface area contributed by atoms with E-state index in [-0.39, 0.29) is 19.8 Å². The van der Waals surface area contributed by atoms with Crippen molar-refractivity contribution in [2.45, 2.75) is 39.1 Å². The summed E-state index contributed by atoms with van der Waals surface area (Å²) in [6.45, 7) is 5.39. The first-order valence-electron chi connectivity index (χ1n) is 7.27. The van der Waals surface area contributed by atoms with Crippen molar-refractivity contribution in [3.05, 3.63) is 0 Å². The maximum absolute atomic E-state index is 11.4. The molecule has 25 heavy (non-hydrogen) atoms. The van der Waals surface area contributed by atoms with Crippen LogP contribution in [0.5, 0.6) is 0 Å². The fraction of sp³-hybridized carbons (Fsp3) is 1.00. The largest absolute Gasteiger partial charge is 0.472 e. The highest BCUT2D eigenvalue weighted by Gasteiger charge is 2.27. The first-order chi connectivity index (χ1) is 11.4. The average Bonchev–Trinajstić information content (AvgIpc) is 2.36. The third-order valence-corrected chi connectivity index (χ3v) is 4.03. The van der Waals surface area contributed by atoms with Gasteiger partial charge in [0.15, 0.2) is 0 Å². The summed E-state index contributed by atoms with van der Waals surface area (Å²) in [6.07, 6.45) is -1.58. The topological polar surface area (TPSA) is 150 Å². The normalized spacial score (nSPS) is 17.8. The standard InChI is InChI=1S/C8H19O6P.C4H11O5P/c1-7(5-11-3)13-15(9,10)14-8(2)6-12-4;1-4(3-8-2)9-10(5,6)7/h7-8H,5-6H2,1-4H3,(H,9,10);4H,3H2,1-2H3,(H2,5,6,7). The molecule has 13 heteroatoms. The Labute approximate surface area is 148 Å². The molecule has 3 atom stereocenters. The van der Waals surface area contributed by atoms with Crippen molar-refractivity contribution in [2.24, 2.45) is 0 Å². The maximum atomic E-state index is 11.4. The minimum atomic E-state index is -4.33. The van der Waals surface area contributed by atoms with E-state index in [1.54, 1.807) is 13.8 Å². The van der Waals surface area contributed by atoms with Gasteiger partial charge in [-0.05, 0) is 20.8 Å². The second kappa shape index (κ2) is 14.2.